The molecule has 24 heavy (non-hydrogen) atoms. The molecule has 0 spiro atoms. The van der Waals surface area contributed by atoms with Crippen LogP contribution in [0.15, 0.2) is 0 Å². The lowest BCUT2D eigenvalue weighted by molar-refractivity contribution is -0.208. The molecule has 1 aromatic carbocycles. The van der Waals surface area contributed by atoms with E-state index in [0.717, 1.165) is 18.4 Å². The van der Waals surface area contributed by atoms with Gasteiger partial charge < -0.3 is 15.1 Å². The number of rotatable bonds is 11. The first kappa shape index (κ1) is 20.3. The molecule has 0 saturated carbocycles. The van der Waals surface area contributed by atoms with E-state index in [0.29, 0.717) is 17.7 Å². The third-order valence-electron chi connectivity index (χ3n) is 4.48. The smallest absolute Gasteiger partial charge is 0.339 e. The van der Waals surface area contributed by atoms with Crippen LogP contribution in [0.2, 0.25) is 0 Å². The fourth-order valence-electron chi connectivity index (χ4n) is 2.69. The Morgan fingerprint density at radius 1 is 0.917 bits per heavy atom. The minimum atomic E-state index is -1.18. The normalized spacial score (nSPS) is 10.8. The van der Waals surface area contributed by atoms with Crippen molar-refractivity contribution in [1.29, 1.82) is 0 Å². The van der Waals surface area contributed by atoms with Gasteiger partial charge in [0.05, 0.1) is 6.61 Å². The first-order valence-corrected chi connectivity index (χ1v) is 8.77. The second-order valence-electron chi connectivity index (χ2n) is 6.26. The lowest BCUT2D eigenvalue weighted by Gasteiger charge is -2.16. The van der Waals surface area contributed by atoms with Crippen LogP contribution in [0.1, 0.15) is 78.9 Å². The number of carbonyl (C=O) groups is 1. The van der Waals surface area contributed by atoms with E-state index >= 15 is 0 Å². The Morgan fingerprint density at radius 3 is 2.08 bits per heavy atom. The van der Waals surface area contributed by atoms with Gasteiger partial charge >= 0.3 is 5.97 Å². The van der Waals surface area contributed by atoms with Crippen molar-refractivity contribution in [2.45, 2.75) is 72.6 Å². The second kappa shape index (κ2) is 10.2. The van der Waals surface area contributed by atoms with Crippen LogP contribution < -0.4 is 4.89 Å². The summed E-state index contributed by atoms with van der Waals surface area (Å²) < 4.78 is 0. The molecule has 0 aromatic heterocycles. The third kappa shape index (κ3) is 5.41. The molecule has 0 aliphatic rings. The SMILES string of the molecule is CCCCCCCCCOOc1c(C)c(C)c(C)c(C(=O)O)c1O. The van der Waals surface area contributed by atoms with Crippen molar-refractivity contribution < 1.29 is 24.8 Å². The molecule has 2 N–H and O–H groups in total. The van der Waals surface area contributed by atoms with E-state index in [9.17, 15) is 15.0 Å². The van der Waals surface area contributed by atoms with E-state index in [2.05, 4.69) is 6.92 Å². The van der Waals surface area contributed by atoms with Gasteiger partial charge in [0.25, 0.3) is 0 Å². The number of phenols is 1. The molecule has 5 nitrogen and oxygen atoms in total. The van der Waals surface area contributed by atoms with Crippen LogP contribution in [0.3, 0.4) is 0 Å². The number of carboxylic acid groups (broad SMARTS) is 1. The van der Waals surface area contributed by atoms with E-state index in [1.165, 1.54) is 32.1 Å². The fourth-order valence-corrected chi connectivity index (χ4v) is 2.69. The maximum absolute atomic E-state index is 11.3. The van der Waals surface area contributed by atoms with Gasteiger partial charge in [-0.25, -0.2) is 4.79 Å². The van der Waals surface area contributed by atoms with Gasteiger partial charge in [0, 0.05) is 5.56 Å². The van der Waals surface area contributed by atoms with Crippen molar-refractivity contribution in [3.63, 3.8) is 0 Å². The van der Waals surface area contributed by atoms with E-state index in [1.54, 1.807) is 20.8 Å². The topological polar surface area (TPSA) is 76.0 Å². The Labute approximate surface area is 144 Å². The average Bonchev–Trinajstić information content (AvgIpc) is 2.53. The maximum atomic E-state index is 11.3. The summed E-state index contributed by atoms with van der Waals surface area (Å²) in [6.45, 7) is 7.88. The van der Waals surface area contributed by atoms with Crippen molar-refractivity contribution in [1.82, 2.24) is 0 Å². The summed E-state index contributed by atoms with van der Waals surface area (Å²) in [5.74, 6) is -1.45. The zero-order valence-corrected chi connectivity index (χ0v) is 15.3. The van der Waals surface area contributed by atoms with E-state index in [-0.39, 0.29) is 17.1 Å². The zero-order valence-electron chi connectivity index (χ0n) is 15.3. The van der Waals surface area contributed by atoms with E-state index in [1.807, 2.05) is 0 Å². The molecule has 0 aliphatic carbocycles. The molecule has 1 aromatic rings. The molecule has 0 aliphatic heterocycles. The Hall–Kier alpha value is -1.75. The zero-order chi connectivity index (χ0) is 18.1. The number of aromatic carboxylic acids is 1. The number of carboxylic acids is 1. The predicted molar refractivity (Wildman–Crippen MR) is 93.9 cm³/mol. The summed E-state index contributed by atoms with van der Waals surface area (Å²) in [4.78, 5) is 21.7. The van der Waals surface area contributed by atoms with Crippen LogP contribution >= 0.6 is 0 Å². The molecule has 0 radical (unpaired) electrons. The fraction of sp³-hybridized carbons (Fsp3) is 0.632. The molecule has 0 fully saturated rings. The minimum Gasteiger partial charge on any atom is -0.504 e. The summed E-state index contributed by atoms with van der Waals surface area (Å²) in [6, 6.07) is 0. The monoisotopic (exact) mass is 338 g/mol. The lowest BCUT2D eigenvalue weighted by atomic mass is 9.96. The molecule has 5 heteroatoms. The highest BCUT2D eigenvalue weighted by molar-refractivity contribution is 5.94. The first-order valence-electron chi connectivity index (χ1n) is 8.77. The van der Waals surface area contributed by atoms with Gasteiger partial charge in [0.15, 0.2) is 5.75 Å². The molecule has 0 bridgehead atoms. The predicted octanol–water partition coefficient (Wildman–Crippen LogP) is 5.08. The maximum Gasteiger partial charge on any atom is 0.339 e. The average molecular weight is 338 g/mol. The van der Waals surface area contributed by atoms with Crippen molar-refractivity contribution in [3.8, 4) is 11.5 Å². The van der Waals surface area contributed by atoms with Crippen molar-refractivity contribution in [3.05, 3.63) is 22.3 Å². The number of hydrogen-bond acceptors (Lipinski definition) is 4. The molecule has 0 heterocycles. The highest BCUT2D eigenvalue weighted by atomic mass is 17.2. The van der Waals surface area contributed by atoms with Crippen LogP contribution in [0.5, 0.6) is 11.5 Å². The Bertz CT molecular complexity index is 551. The summed E-state index contributed by atoms with van der Waals surface area (Å²) in [6.07, 6.45) is 8.19. The van der Waals surface area contributed by atoms with Crippen LogP contribution in [0, 0.1) is 20.8 Å². The van der Waals surface area contributed by atoms with Crippen molar-refractivity contribution >= 4 is 5.97 Å². The second-order valence-corrected chi connectivity index (χ2v) is 6.26. The van der Waals surface area contributed by atoms with Gasteiger partial charge in [-0.1, -0.05) is 45.4 Å². The highest BCUT2D eigenvalue weighted by Crippen LogP contribution is 2.38. The van der Waals surface area contributed by atoms with E-state index < -0.39 is 5.97 Å². The quantitative estimate of drug-likeness (QED) is 0.334. The van der Waals surface area contributed by atoms with E-state index in [4.69, 9.17) is 9.78 Å². The summed E-state index contributed by atoms with van der Waals surface area (Å²) in [5.41, 5.74) is 1.87. The van der Waals surface area contributed by atoms with Gasteiger partial charge in [0.1, 0.15) is 5.56 Å². The molecule has 1 rings (SSSR count). The molecular weight excluding hydrogens is 308 g/mol. The Kier molecular flexibility index (Phi) is 8.61. The van der Waals surface area contributed by atoms with Crippen LogP contribution in [-0.4, -0.2) is 22.8 Å². The van der Waals surface area contributed by atoms with Crippen molar-refractivity contribution in [2.24, 2.45) is 0 Å². The first-order chi connectivity index (χ1) is 11.4. The minimum absolute atomic E-state index is 0.0958. The van der Waals surface area contributed by atoms with Gasteiger partial charge in [0.2, 0.25) is 5.75 Å². The van der Waals surface area contributed by atoms with Crippen LogP contribution in [0.25, 0.3) is 0 Å². The number of aromatic hydroxyl groups is 1. The Balaban J connectivity index is 2.52. The number of hydrogen-bond donors (Lipinski definition) is 2. The molecular formula is C19H30O5. The van der Waals surface area contributed by atoms with Crippen LogP contribution in [-0.2, 0) is 4.89 Å². The van der Waals surface area contributed by atoms with Gasteiger partial charge in [-0.05, 0) is 38.3 Å². The van der Waals surface area contributed by atoms with Gasteiger partial charge in [-0.15, -0.1) is 0 Å². The molecule has 0 amide bonds. The van der Waals surface area contributed by atoms with Gasteiger partial charge in [-0.2, -0.15) is 4.89 Å². The largest absolute Gasteiger partial charge is 0.504 e. The van der Waals surface area contributed by atoms with Crippen molar-refractivity contribution in [2.75, 3.05) is 6.61 Å². The number of benzene rings is 1. The molecule has 0 saturated heterocycles. The van der Waals surface area contributed by atoms with Gasteiger partial charge in [-0.3, -0.25) is 0 Å². The Morgan fingerprint density at radius 2 is 1.50 bits per heavy atom. The standard InChI is InChI=1S/C19H30O5/c1-5-6-7-8-9-10-11-12-23-24-18-15(4)13(2)14(3)16(17(18)20)19(21)22/h20H,5-12H2,1-4H3,(H,21,22). The highest BCUT2D eigenvalue weighted by Gasteiger charge is 2.23. The summed E-state index contributed by atoms with van der Waals surface area (Å²) in [5, 5.41) is 19.4. The van der Waals surface area contributed by atoms with Crippen LogP contribution in [0.4, 0.5) is 0 Å². The third-order valence-corrected chi connectivity index (χ3v) is 4.48. The number of unbranched alkanes of at least 4 members (excludes halogenated alkanes) is 6. The molecule has 0 unspecified atom stereocenters. The molecule has 0 atom stereocenters. The lowest BCUT2D eigenvalue weighted by Crippen LogP contribution is -2.08. The molecule has 136 valence electrons. The summed E-state index contributed by atoms with van der Waals surface area (Å²) >= 11 is 0. The summed E-state index contributed by atoms with van der Waals surface area (Å²) in [7, 11) is 0.